The van der Waals surface area contributed by atoms with Crippen LogP contribution in [0.1, 0.15) is 39.0 Å². The van der Waals surface area contributed by atoms with Crippen LogP contribution in [0.5, 0.6) is 0 Å². The highest BCUT2D eigenvalue weighted by Gasteiger charge is 2.63. The van der Waals surface area contributed by atoms with Crippen LogP contribution in [0, 0.1) is 5.92 Å². The summed E-state index contributed by atoms with van der Waals surface area (Å²) in [5.41, 5.74) is 5.20. The second-order valence-electron chi connectivity index (χ2n) is 5.78. The van der Waals surface area contributed by atoms with E-state index in [1.54, 1.807) is 0 Å². The van der Waals surface area contributed by atoms with Gasteiger partial charge in [0.2, 0.25) is 0 Å². The Kier molecular flexibility index (Phi) is 2.19. The smallest absolute Gasteiger partial charge is 0.168 e. The molecule has 3 N–H and O–H groups in total. The van der Waals surface area contributed by atoms with Crippen molar-refractivity contribution in [1.82, 2.24) is 0 Å². The maximum Gasteiger partial charge on any atom is 0.168 e. The zero-order valence-electron chi connectivity index (χ0n) is 9.87. The second kappa shape index (κ2) is 3.19. The minimum Gasteiger partial charge on any atom is -0.388 e. The lowest BCUT2D eigenvalue weighted by atomic mass is 9.75. The molecule has 2 unspecified atom stereocenters. The van der Waals surface area contributed by atoms with Crippen LogP contribution in [0.25, 0.3) is 0 Å². The SMILES string of the molecule is CC1CC1(N)C1(O)CCC2(CC1)OCCO2. The molecule has 1 heterocycles. The summed E-state index contributed by atoms with van der Waals surface area (Å²) in [6.45, 7) is 3.48. The third-order valence-electron chi connectivity index (χ3n) is 4.88. The summed E-state index contributed by atoms with van der Waals surface area (Å²) in [5, 5.41) is 10.6. The second-order valence-corrected chi connectivity index (χ2v) is 5.78. The molecule has 4 heteroatoms. The van der Waals surface area contributed by atoms with E-state index in [1.165, 1.54) is 0 Å². The molecule has 2 atom stereocenters. The van der Waals surface area contributed by atoms with Gasteiger partial charge in [0, 0.05) is 18.4 Å². The van der Waals surface area contributed by atoms with Gasteiger partial charge in [0.05, 0.1) is 18.8 Å². The number of nitrogens with two attached hydrogens (primary N) is 1. The topological polar surface area (TPSA) is 64.7 Å². The average molecular weight is 227 g/mol. The number of hydrogen-bond donors (Lipinski definition) is 2. The van der Waals surface area contributed by atoms with Gasteiger partial charge in [-0.15, -0.1) is 0 Å². The maximum atomic E-state index is 10.6. The normalized spacial score (nSPS) is 44.8. The van der Waals surface area contributed by atoms with E-state index in [9.17, 15) is 5.11 Å². The number of ether oxygens (including phenoxy) is 2. The fourth-order valence-electron chi connectivity index (χ4n) is 3.39. The summed E-state index contributed by atoms with van der Waals surface area (Å²) in [6.07, 6.45) is 3.89. The number of rotatable bonds is 1. The van der Waals surface area contributed by atoms with Gasteiger partial charge in [-0.05, 0) is 25.2 Å². The molecule has 1 saturated heterocycles. The fraction of sp³-hybridized carbons (Fsp3) is 1.00. The molecule has 3 fully saturated rings. The molecule has 0 bridgehead atoms. The third kappa shape index (κ3) is 1.37. The Balaban J connectivity index is 1.70. The van der Waals surface area contributed by atoms with Gasteiger partial charge in [-0.2, -0.15) is 0 Å². The van der Waals surface area contributed by atoms with Crippen molar-refractivity contribution in [3.8, 4) is 0 Å². The molecule has 1 spiro atoms. The highest BCUT2D eigenvalue weighted by Crippen LogP contribution is 2.55. The molecule has 0 aromatic carbocycles. The van der Waals surface area contributed by atoms with Gasteiger partial charge < -0.3 is 20.3 Å². The van der Waals surface area contributed by atoms with Crippen molar-refractivity contribution < 1.29 is 14.6 Å². The molecule has 0 amide bonds. The largest absolute Gasteiger partial charge is 0.388 e. The van der Waals surface area contributed by atoms with E-state index in [4.69, 9.17) is 15.2 Å². The lowest BCUT2D eigenvalue weighted by Crippen LogP contribution is -2.56. The first kappa shape index (κ1) is 11.0. The molecular weight excluding hydrogens is 206 g/mol. The quantitative estimate of drug-likeness (QED) is 0.694. The van der Waals surface area contributed by atoms with Gasteiger partial charge in [0.25, 0.3) is 0 Å². The van der Waals surface area contributed by atoms with Gasteiger partial charge in [-0.3, -0.25) is 0 Å². The van der Waals surface area contributed by atoms with Crippen LogP contribution in [0.2, 0.25) is 0 Å². The van der Waals surface area contributed by atoms with Crippen LogP contribution in [-0.2, 0) is 9.47 Å². The summed E-state index contributed by atoms with van der Waals surface area (Å²) in [6, 6.07) is 0. The van der Waals surface area contributed by atoms with Gasteiger partial charge in [0.1, 0.15) is 0 Å². The van der Waals surface area contributed by atoms with E-state index in [-0.39, 0.29) is 5.54 Å². The van der Waals surface area contributed by atoms with Gasteiger partial charge in [-0.1, -0.05) is 6.92 Å². The van der Waals surface area contributed by atoms with Crippen LogP contribution in [0.15, 0.2) is 0 Å². The Morgan fingerprint density at radius 2 is 1.62 bits per heavy atom. The zero-order chi connectivity index (χ0) is 11.4. The maximum absolute atomic E-state index is 10.6. The van der Waals surface area contributed by atoms with Crippen molar-refractivity contribution in [2.24, 2.45) is 11.7 Å². The highest BCUT2D eigenvalue weighted by molar-refractivity contribution is 5.19. The van der Waals surface area contributed by atoms with E-state index in [0.717, 1.165) is 19.3 Å². The van der Waals surface area contributed by atoms with E-state index < -0.39 is 11.4 Å². The Labute approximate surface area is 96.1 Å². The monoisotopic (exact) mass is 227 g/mol. The number of hydrogen-bond acceptors (Lipinski definition) is 4. The lowest BCUT2D eigenvalue weighted by Gasteiger charge is -2.44. The molecule has 0 aromatic heterocycles. The molecular formula is C12H21NO3. The lowest BCUT2D eigenvalue weighted by molar-refractivity contribution is -0.207. The number of aliphatic hydroxyl groups is 1. The first-order valence-electron chi connectivity index (χ1n) is 6.29. The Bertz CT molecular complexity index is 291. The van der Waals surface area contributed by atoms with Crippen molar-refractivity contribution in [1.29, 1.82) is 0 Å². The van der Waals surface area contributed by atoms with Gasteiger partial charge in [-0.25, -0.2) is 0 Å². The summed E-state index contributed by atoms with van der Waals surface area (Å²) >= 11 is 0. The summed E-state index contributed by atoms with van der Waals surface area (Å²) in [5.74, 6) is 0.0396. The zero-order valence-corrected chi connectivity index (χ0v) is 9.87. The molecule has 1 aliphatic heterocycles. The Morgan fingerprint density at radius 3 is 2.06 bits per heavy atom. The van der Waals surface area contributed by atoms with Crippen molar-refractivity contribution in [3.05, 3.63) is 0 Å². The van der Waals surface area contributed by atoms with E-state index in [2.05, 4.69) is 6.92 Å². The fourth-order valence-corrected chi connectivity index (χ4v) is 3.39. The summed E-state index contributed by atoms with van der Waals surface area (Å²) in [4.78, 5) is 0. The van der Waals surface area contributed by atoms with E-state index in [0.29, 0.717) is 32.0 Å². The predicted molar refractivity (Wildman–Crippen MR) is 58.8 cm³/mol. The van der Waals surface area contributed by atoms with E-state index in [1.807, 2.05) is 0 Å². The average Bonchev–Trinajstić information content (AvgIpc) is 2.73. The summed E-state index contributed by atoms with van der Waals surface area (Å²) in [7, 11) is 0. The van der Waals surface area contributed by atoms with Crippen LogP contribution in [0.3, 0.4) is 0 Å². The molecule has 2 aliphatic carbocycles. The molecule has 92 valence electrons. The predicted octanol–water partition coefficient (Wildman–Crippen LogP) is 0.772. The first-order chi connectivity index (χ1) is 7.50. The minimum absolute atomic E-state index is 0.354. The molecule has 2 saturated carbocycles. The minimum atomic E-state index is -0.701. The van der Waals surface area contributed by atoms with Crippen LogP contribution < -0.4 is 5.73 Å². The van der Waals surface area contributed by atoms with E-state index >= 15 is 0 Å². The van der Waals surface area contributed by atoms with Crippen LogP contribution in [0.4, 0.5) is 0 Å². The molecule has 3 aliphatic rings. The van der Waals surface area contributed by atoms with Gasteiger partial charge >= 0.3 is 0 Å². The summed E-state index contributed by atoms with van der Waals surface area (Å²) < 4.78 is 11.3. The Morgan fingerprint density at radius 1 is 1.12 bits per heavy atom. The van der Waals surface area contributed by atoms with Gasteiger partial charge in [0.15, 0.2) is 5.79 Å². The van der Waals surface area contributed by atoms with Crippen molar-refractivity contribution in [3.63, 3.8) is 0 Å². The van der Waals surface area contributed by atoms with Crippen LogP contribution in [-0.4, -0.2) is 35.2 Å². The molecule has 16 heavy (non-hydrogen) atoms. The molecule has 4 nitrogen and oxygen atoms in total. The van der Waals surface area contributed by atoms with Crippen LogP contribution >= 0.6 is 0 Å². The third-order valence-corrected chi connectivity index (χ3v) is 4.88. The van der Waals surface area contributed by atoms with Crippen molar-refractivity contribution in [2.75, 3.05) is 13.2 Å². The van der Waals surface area contributed by atoms with Crippen molar-refractivity contribution >= 4 is 0 Å². The highest BCUT2D eigenvalue weighted by atomic mass is 16.7. The Hall–Kier alpha value is -0.160. The standard InChI is InChI=1S/C12H21NO3/c1-9-8-12(9,13)10(14)2-4-11(5-3-10)15-6-7-16-11/h9,14H,2-8,13H2,1H3. The van der Waals surface area contributed by atoms with Crippen molar-refractivity contribution in [2.45, 2.75) is 56.0 Å². The molecule has 0 aromatic rings. The molecule has 3 rings (SSSR count). The first-order valence-corrected chi connectivity index (χ1v) is 6.29. The molecule has 0 radical (unpaired) electrons.